The Morgan fingerprint density at radius 1 is 1.09 bits per heavy atom. The molecule has 0 amide bonds. The van der Waals surface area contributed by atoms with E-state index in [0.717, 1.165) is 22.4 Å². The molecule has 3 nitrogen and oxygen atoms in total. The van der Waals surface area contributed by atoms with Gasteiger partial charge in [-0.15, -0.1) is 0 Å². The van der Waals surface area contributed by atoms with Crippen molar-refractivity contribution in [3.05, 3.63) is 81.2 Å². The summed E-state index contributed by atoms with van der Waals surface area (Å²) in [4.78, 5) is 12.8. The van der Waals surface area contributed by atoms with E-state index in [2.05, 4.69) is 5.10 Å². The van der Waals surface area contributed by atoms with Crippen LogP contribution in [0.15, 0.2) is 59.4 Å². The lowest BCUT2D eigenvalue weighted by molar-refractivity contribution is 0.544. The summed E-state index contributed by atoms with van der Waals surface area (Å²) in [7, 11) is 0. The second kappa shape index (κ2) is 5.85. The Kier molecular flexibility index (Phi) is 3.90. The van der Waals surface area contributed by atoms with Crippen molar-refractivity contribution in [1.29, 1.82) is 0 Å². The fraction of sp³-hybridized carbons (Fsp3) is 0.167. The predicted molar refractivity (Wildman–Crippen MR) is 90.5 cm³/mol. The van der Waals surface area contributed by atoms with Crippen LogP contribution >= 0.6 is 11.6 Å². The fourth-order valence-electron chi connectivity index (χ4n) is 2.70. The second-order valence-corrected chi connectivity index (χ2v) is 5.82. The van der Waals surface area contributed by atoms with Crippen LogP contribution in [0.5, 0.6) is 0 Å². The van der Waals surface area contributed by atoms with Gasteiger partial charge in [0.2, 0.25) is 0 Å². The van der Waals surface area contributed by atoms with Gasteiger partial charge < -0.3 is 0 Å². The molecule has 22 heavy (non-hydrogen) atoms. The molecule has 1 atom stereocenters. The summed E-state index contributed by atoms with van der Waals surface area (Å²) in [6, 6.07) is 17.2. The highest BCUT2D eigenvalue weighted by Gasteiger charge is 2.17. The first-order valence-corrected chi connectivity index (χ1v) is 7.57. The van der Waals surface area contributed by atoms with Crippen LogP contribution in [0.1, 0.15) is 24.2 Å². The van der Waals surface area contributed by atoms with Crippen LogP contribution < -0.4 is 5.56 Å². The maximum absolute atomic E-state index is 12.8. The van der Waals surface area contributed by atoms with Gasteiger partial charge in [-0.1, -0.05) is 54.1 Å². The highest BCUT2D eigenvalue weighted by atomic mass is 35.5. The SMILES string of the molecule is Cc1[nH]n(C(C)c2cccc(Cl)c2)c(=O)c1-c1ccccc1. The Morgan fingerprint density at radius 2 is 1.82 bits per heavy atom. The van der Waals surface area contributed by atoms with Crippen molar-refractivity contribution < 1.29 is 0 Å². The molecule has 0 radical (unpaired) electrons. The average Bonchev–Trinajstić information content (AvgIpc) is 2.82. The summed E-state index contributed by atoms with van der Waals surface area (Å²) in [5, 5.41) is 3.86. The topological polar surface area (TPSA) is 37.8 Å². The van der Waals surface area contributed by atoms with Gasteiger partial charge >= 0.3 is 0 Å². The quantitative estimate of drug-likeness (QED) is 0.764. The number of H-pyrrole nitrogens is 1. The summed E-state index contributed by atoms with van der Waals surface area (Å²) < 4.78 is 1.66. The first-order chi connectivity index (χ1) is 10.6. The molecule has 1 unspecified atom stereocenters. The predicted octanol–water partition coefficient (Wildman–Crippen LogP) is 4.41. The molecule has 1 heterocycles. The lowest BCUT2D eigenvalue weighted by atomic mass is 10.1. The summed E-state index contributed by atoms with van der Waals surface area (Å²) in [5.74, 6) is 0. The zero-order valence-electron chi connectivity index (χ0n) is 12.5. The van der Waals surface area contributed by atoms with Crippen molar-refractivity contribution >= 4 is 11.6 Å². The largest absolute Gasteiger partial charge is 0.299 e. The van der Waals surface area contributed by atoms with Crippen LogP contribution in [0.3, 0.4) is 0 Å². The molecule has 2 aromatic carbocycles. The zero-order chi connectivity index (χ0) is 15.7. The van der Waals surface area contributed by atoms with E-state index in [0.29, 0.717) is 5.02 Å². The van der Waals surface area contributed by atoms with E-state index in [4.69, 9.17) is 11.6 Å². The molecule has 1 aromatic heterocycles. The number of benzene rings is 2. The van der Waals surface area contributed by atoms with E-state index in [-0.39, 0.29) is 11.6 Å². The van der Waals surface area contributed by atoms with Gasteiger partial charge in [-0.25, -0.2) is 4.68 Å². The van der Waals surface area contributed by atoms with Crippen LogP contribution in [-0.2, 0) is 0 Å². The summed E-state index contributed by atoms with van der Waals surface area (Å²) in [5.41, 5.74) is 3.49. The van der Waals surface area contributed by atoms with Crippen molar-refractivity contribution in [1.82, 2.24) is 9.78 Å². The molecule has 0 aliphatic carbocycles. The fourth-order valence-corrected chi connectivity index (χ4v) is 2.90. The highest BCUT2D eigenvalue weighted by molar-refractivity contribution is 6.30. The number of rotatable bonds is 3. The van der Waals surface area contributed by atoms with E-state index in [1.807, 2.05) is 68.4 Å². The Hall–Kier alpha value is -2.26. The van der Waals surface area contributed by atoms with Crippen molar-refractivity contribution in [2.45, 2.75) is 19.9 Å². The van der Waals surface area contributed by atoms with Crippen molar-refractivity contribution in [2.75, 3.05) is 0 Å². The monoisotopic (exact) mass is 312 g/mol. The summed E-state index contributed by atoms with van der Waals surface area (Å²) in [6.45, 7) is 3.91. The van der Waals surface area contributed by atoms with Crippen LogP contribution in [0, 0.1) is 6.92 Å². The van der Waals surface area contributed by atoms with Crippen molar-refractivity contribution in [3.63, 3.8) is 0 Å². The van der Waals surface area contributed by atoms with Gasteiger partial charge in [0.1, 0.15) is 0 Å². The van der Waals surface area contributed by atoms with E-state index in [1.54, 1.807) is 4.68 Å². The number of aromatic amines is 1. The van der Waals surface area contributed by atoms with Gasteiger partial charge in [0.05, 0.1) is 11.6 Å². The first kappa shape index (κ1) is 14.7. The third kappa shape index (κ3) is 2.60. The summed E-state index contributed by atoms with van der Waals surface area (Å²) >= 11 is 6.05. The second-order valence-electron chi connectivity index (χ2n) is 5.38. The van der Waals surface area contributed by atoms with Crippen molar-refractivity contribution in [3.8, 4) is 11.1 Å². The molecule has 0 aliphatic rings. The van der Waals surface area contributed by atoms with E-state index in [9.17, 15) is 4.79 Å². The number of hydrogen-bond donors (Lipinski definition) is 1. The van der Waals surface area contributed by atoms with Gasteiger partial charge in [-0.3, -0.25) is 9.89 Å². The molecule has 0 saturated carbocycles. The van der Waals surface area contributed by atoms with Gasteiger partial charge in [-0.2, -0.15) is 0 Å². The minimum absolute atomic E-state index is 0.0174. The van der Waals surface area contributed by atoms with E-state index in [1.165, 1.54) is 0 Å². The van der Waals surface area contributed by atoms with Gasteiger partial charge in [0.25, 0.3) is 5.56 Å². The third-order valence-electron chi connectivity index (χ3n) is 3.88. The molecular weight excluding hydrogens is 296 g/mol. The van der Waals surface area contributed by atoms with Crippen LogP contribution in [0.2, 0.25) is 5.02 Å². The maximum Gasteiger partial charge on any atom is 0.275 e. The maximum atomic E-state index is 12.8. The molecule has 3 aromatic rings. The zero-order valence-corrected chi connectivity index (χ0v) is 13.3. The molecular formula is C18H17ClN2O. The number of nitrogens with one attached hydrogen (secondary N) is 1. The number of aromatic nitrogens is 2. The van der Waals surface area contributed by atoms with Gasteiger partial charge in [0, 0.05) is 10.7 Å². The van der Waals surface area contributed by atoms with Gasteiger partial charge in [-0.05, 0) is 37.1 Å². The first-order valence-electron chi connectivity index (χ1n) is 7.20. The Labute approximate surface area is 134 Å². The van der Waals surface area contributed by atoms with Crippen LogP contribution in [0.4, 0.5) is 0 Å². The Balaban J connectivity index is 2.09. The average molecular weight is 313 g/mol. The molecule has 0 bridgehead atoms. The number of aryl methyl sites for hydroxylation is 1. The molecule has 0 aliphatic heterocycles. The van der Waals surface area contributed by atoms with Gasteiger partial charge in [0.15, 0.2) is 0 Å². The minimum Gasteiger partial charge on any atom is -0.299 e. The number of halogens is 1. The molecule has 0 fully saturated rings. The molecule has 112 valence electrons. The van der Waals surface area contributed by atoms with Crippen LogP contribution in [-0.4, -0.2) is 9.78 Å². The van der Waals surface area contributed by atoms with E-state index >= 15 is 0 Å². The third-order valence-corrected chi connectivity index (χ3v) is 4.11. The Morgan fingerprint density at radius 3 is 2.50 bits per heavy atom. The molecule has 4 heteroatoms. The normalized spacial score (nSPS) is 12.3. The minimum atomic E-state index is -0.109. The molecule has 0 saturated heterocycles. The Bertz CT molecular complexity index is 849. The molecule has 0 spiro atoms. The lowest BCUT2D eigenvalue weighted by Gasteiger charge is -2.13. The lowest BCUT2D eigenvalue weighted by Crippen LogP contribution is -2.22. The highest BCUT2D eigenvalue weighted by Crippen LogP contribution is 2.23. The number of hydrogen-bond acceptors (Lipinski definition) is 1. The molecule has 3 rings (SSSR count). The smallest absolute Gasteiger partial charge is 0.275 e. The number of nitrogens with zero attached hydrogens (tertiary/aromatic N) is 1. The molecule has 1 N–H and O–H groups in total. The summed E-state index contributed by atoms with van der Waals surface area (Å²) in [6.07, 6.45) is 0. The van der Waals surface area contributed by atoms with E-state index < -0.39 is 0 Å². The standard InChI is InChI=1S/C18H17ClN2O/c1-12-17(14-7-4-3-5-8-14)18(22)21(20-12)13(2)15-9-6-10-16(19)11-15/h3-11,13,20H,1-2H3. The van der Waals surface area contributed by atoms with Crippen molar-refractivity contribution in [2.24, 2.45) is 0 Å². The van der Waals surface area contributed by atoms with Crippen LogP contribution in [0.25, 0.3) is 11.1 Å².